The molecule has 0 spiro atoms. The van der Waals surface area contributed by atoms with E-state index in [-0.39, 0.29) is 30.1 Å². The molecule has 0 heterocycles. The summed E-state index contributed by atoms with van der Waals surface area (Å²) in [6.45, 7) is 8.55. The first-order chi connectivity index (χ1) is 14.3. The summed E-state index contributed by atoms with van der Waals surface area (Å²) in [5, 5.41) is 32.2. The number of hydrogen-bond acceptors (Lipinski definition) is 7. The van der Waals surface area contributed by atoms with Gasteiger partial charge in [0.25, 0.3) is 0 Å². The summed E-state index contributed by atoms with van der Waals surface area (Å²) in [5.74, 6) is -1.92. The molecule has 7 heteroatoms. The Morgan fingerprint density at radius 2 is 1.65 bits per heavy atom. The number of carbonyl (C=O) groups is 2. The molecule has 7 nitrogen and oxygen atoms in total. The summed E-state index contributed by atoms with van der Waals surface area (Å²) in [7, 11) is 0. The fraction of sp³-hybridized carbons (Fsp3) is 0.583. The fourth-order valence-corrected chi connectivity index (χ4v) is 5.11. The van der Waals surface area contributed by atoms with E-state index in [1.165, 1.54) is 31.2 Å². The van der Waals surface area contributed by atoms with E-state index in [0.717, 1.165) is 0 Å². The van der Waals surface area contributed by atoms with Gasteiger partial charge in [0.15, 0.2) is 0 Å². The molecular weight excluding hydrogens is 400 g/mol. The Hall–Kier alpha value is -2.38. The van der Waals surface area contributed by atoms with E-state index in [1.54, 1.807) is 13.0 Å². The van der Waals surface area contributed by atoms with Crippen molar-refractivity contribution >= 4 is 11.9 Å². The second-order valence-corrected chi connectivity index (χ2v) is 9.71. The number of rotatable bonds is 4. The molecule has 0 amide bonds. The molecule has 1 fully saturated rings. The number of phenols is 1. The molecule has 0 saturated heterocycles. The minimum Gasteiger partial charge on any atom is -0.508 e. The van der Waals surface area contributed by atoms with Gasteiger partial charge in [0, 0.05) is 31.1 Å². The molecule has 3 rings (SSSR count). The predicted octanol–water partition coefficient (Wildman–Crippen LogP) is 2.97. The first-order valence-corrected chi connectivity index (χ1v) is 10.6. The van der Waals surface area contributed by atoms with Gasteiger partial charge in [0.05, 0.1) is 16.8 Å². The van der Waals surface area contributed by atoms with Crippen molar-refractivity contribution in [1.82, 2.24) is 0 Å². The van der Waals surface area contributed by atoms with Crippen LogP contribution in [0.4, 0.5) is 0 Å². The van der Waals surface area contributed by atoms with Gasteiger partial charge in [-0.25, -0.2) is 4.79 Å². The van der Waals surface area contributed by atoms with Crippen molar-refractivity contribution in [3.05, 3.63) is 42.0 Å². The zero-order chi connectivity index (χ0) is 23.2. The van der Waals surface area contributed by atoms with Crippen molar-refractivity contribution in [3.8, 4) is 5.75 Å². The molecule has 170 valence electrons. The number of aliphatic hydroxyl groups is 2. The molecule has 1 saturated carbocycles. The summed E-state index contributed by atoms with van der Waals surface area (Å²) >= 11 is 0. The molecule has 0 aromatic heterocycles. The highest BCUT2D eigenvalue weighted by Crippen LogP contribution is 2.56. The molecular formula is C24H32O7. The van der Waals surface area contributed by atoms with Crippen LogP contribution in [0.25, 0.3) is 0 Å². The highest BCUT2D eigenvalue weighted by atomic mass is 16.6. The fourth-order valence-electron chi connectivity index (χ4n) is 5.11. The van der Waals surface area contributed by atoms with Crippen molar-refractivity contribution in [3.63, 3.8) is 0 Å². The van der Waals surface area contributed by atoms with Crippen LogP contribution in [0.5, 0.6) is 5.75 Å². The first kappa shape index (κ1) is 23.3. The van der Waals surface area contributed by atoms with Crippen molar-refractivity contribution in [2.24, 2.45) is 17.3 Å². The third kappa shape index (κ3) is 4.34. The Morgan fingerprint density at radius 1 is 1.03 bits per heavy atom. The molecule has 6 atom stereocenters. The lowest BCUT2D eigenvalue weighted by molar-refractivity contribution is -0.162. The lowest BCUT2D eigenvalue weighted by Gasteiger charge is -2.45. The van der Waals surface area contributed by atoms with E-state index in [0.29, 0.717) is 0 Å². The normalized spacial score (nSPS) is 37.2. The Labute approximate surface area is 182 Å². The number of phenolic OH excluding ortho intramolecular Hbond substituents is 1. The third-order valence-corrected chi connectivity index (χ3v) is 6.80. The van der Waals surface area contributed by atoms with Gasteiger partial charge in [-0.05, 0) is 37.1 Å². The minimum absolute atomic E-state index is 0.0277. The predicted molar refractivity (Wildman–Crippen MR) is 113 cm³/mol. The Bertz CT molecular complexity index is 872. The lowest BCUT2D eigenvalue weighted by atomic mass is 9.65. The number of benzene rings is 1. The smallest absolute Gasteiger partial charge is 0.338 e. The van der Waals surface area contributed by atoms with Gasteiger partial charge < -0.3 is 24.8 Å². The van der Waals surface area contributed by atoms with Gasteiger partial charge in [-0.3, -0.25) is 4.79 Å². The molecule has 0 radical (unpaired) electrons. The quantitative estimate of drug-likeness (QED) is 0.495. The van der Waals surface area contributed by atoms with Gasteiger partial charge in [-0.15, -0.1) is 0 Å². The SMILES string of the molecule is CC(=O)OC1C[C@](C)(O)C[C@H](OC(=O)c2ccc(O)cc2)C2[C@]1(C)C=C[C@@]2(O)C(C)C. The lowest BCUT2D eigenvalue weighted by Crippen LogP contribution is -2.53. The zero-order valence-corrected chi connectivity index (χ0v) is 18.7. The maximum Gasteiger partial charge on any atom is 0.338 e. The van der Waals surface area contributed by atoms with E-state index in [2.05, 4.69) is 0 Å². The average molecular weight is 433 g/mol. The third-order valence-electron chi connectivity index (χ3n) is 6.80. The van der Waals surface area contributed by atoms with Gasteiger partial charge in [-0.1, -0.05) is 32.9 Å². The Kier molecular flexibility index (Phi) is 5.97. The van der Waals surface area contributed by atoms with Crippen LogP contribution in [-0.4, -0.2) is 50.7 Å². The second-order valence-electron chi connectivity index (χ2n) is 9.71. The Morgan fingerprint density at radius 3 is 2.19 bits per heavy atom. The summed E-state index contributed by atoms with van der Waals surface area (Å²) < 4.78 is 11.5. The Balaban J connectivity index is 2.05. The monoisotopic (exact) mass is 432 g/mol. The van der Waals surface area contributed by atoms with Crippen molar-refractivity contribution in [2.45, 2.75) is 70.9 Å². The zero-order valence-electron chi connectivity index (χ0n) is 18.7. The van der Waals surface area contributed by atoms with Gasteiger partial charge in [0.1, 0.15) is 18.0 Å². The maximum atomic E-state index is 12.9. The van der Waals surface area contributed by atoms with E-state index in [9.17, 15) is 24.9 Å². The van der Waals surface area contributed by atoms with E-state index >= 15 is 0 Å². The molecule has 1 aromatic rings. The number of hydrogen-bond donors (Lipinski definition) is 3. The summed E-state index contributed by atoms with van der Waals surface area (Å²) in [6.07, 6.45) is 2.21. The minimum atomic E-state index is -1.33. The topological polar surface area (TPSA) is 113 Å². The molecule has 0 aliphatic heterocycles. The van der Waals surface area contributed by atoms with Crippen LogP contribution in [0.1, 0.15) is 57.8 Å². The van der Waals surface area contributed by atoms with Gasteiger partial charge >= 0.3 is 11.9 Å². The van der Waals surface area contributed by atoms with Gasteiger partial charge in [0.2, 0.25) is 0 Å². The van der Waals surface area contributed by atoms with Crippen LogP contribution in [0.2, 0.25) is 0 Å². The van der Waals surface area contributed by atoms with Crippen LogP contribution in [-0.2, 0) is 14.3 Å². The van der Waals surface area contributed by atoms with Crippen LogP contribution < -0.4 is 0 Å². The number of esters is 2. The standard InChI is InChI=1S/C24H32O7/c1-14(2)24(29)11-10-23(5)19(30-15(3)25)13-22(4,28)12-18(20(23)24)31-21(27)16-6-8-17(26)9-7-16/h6-11,14,18-20,26,28-29H,12-13H2,1-5H3/t18-,19?,20?,22+,23+,24+/m0/s1. The first-order valence-electron chi connectivity index (χ1n) is 10.6. The van der Waals surface area contributed by atoms with Crippen LogP contribution in [0.3, 0.4) is 0 Å². The highest BCUT2D eigenvalue weighted by molar-refractivity contribution is 5.89. The summed E-state index contributed by atoms with van der Waals surface area (Å²) in [5.41, 5.74) is -3.23. The molecule has 2 unspecified atom stereocenters. The molecule has 2 aliphatic rings. The number of carbonyl (C=O) groups excluding carboxylic acids is 2. The van der Waals surface area contributed by atoms with E-state index < -0.39 is 46.7 Å². The summed E-state index contributed by atoms with van der Waals surface area (Å²) in [4.78, 5) is 24.7. The molecule has 3 N–H and O–H groups in total. The second kappa shape index (κ2) is 7.95. The van der Waals surface area contributed by atoms with E-state index in [1.807, 2.05) is 26.8 Å². The molecule has 31 heavy (non-hydrogen) atoms. The average Bonchev–Trinajstić information content (AvgIpc) is 2.89. The van der Waals surface area contributed by atoms with Crippen LogP contribution >= 0.6 is 0 Å². The largest absolute Gasteiger partial charge is 0.508 e. The van der Waals surface area contributed by atoms with Gasteiger partial charge in [-0.2, -0.15) is 0 Å². The summed E-state index contributed by atoms with van der Waals surface area (Å²) in [6, 6.07) is 5.69. The van der Waals surface area contributed by atoms with Crippen LogP contribution in [0.15, 0.2) is 36.4 Å². The highest BCUT2D eigenvalue weighted by Gasteiger charge is 2.63. The van der Waals surface area contributed by atoms with E-state index in [4.69, 9.17) is 9.47 Å². The molecule has 2 aliphatic carbocycles. The number of fused-ring (bicyclic) bond motifs is 1. The van der Waals surface area contributed by atoms with Crippen molar-refractivity contribution < 1.29 is 34.4 Å². The number of aromatic hydroxyl groups is 1. The van der Waals surface area contributed by atoms with Crippen molar-refractivity contribution in [1.29, 1.82) is 0 Å². The molecule has 1 aromatic carbocycles. The van der Waals surface area contributed by atoms with Crippen LogP contribution in [0, 0.1) is 17.3 Å². The molecule has 0 bridgehead atoms. The van der Waals surface area contributed by atoms with Crippen molar-refractivity contribution in [2.75, 3.05) is 0 Å². The number of ether oxygens (including phenoxy) is 2. The maximum absolute atomic E-state index is 12.9.